The predicted octanol–water partition coefficient (Wildman–Crippen LogP) is 1.87. The highest BCUT2D eigenvalue weighted by molar-refractivity contribution is 7.09. The lowest BCUT2D eigenvalue weighted by atomic mass is 10.1. The van der Waals surface area contributed by atoms with Gasteiger partial charge in [0, 0.05) is 51.0 Å². The molecule has 1 fully saturated rings. The molecule has 130 valence electrons. The van der Waals surface area contributed by atoms with E-state index < -0.39 is 6.17 Å². The molecule has 2 atom stereocenters. The van der Waals surface area contributed by atoms with Crippen LogP contribution < -0.4 is 0 Å². The van der Waals surface area contributed by atoms with E-state index >= 15 is 0 Å². The third-order valence-electron chi connectivity index (χ3n) is 4.37. The second-order valence-electron chi connectivity index (χ2n) is 6.33. The Kier molecular flexibility index (Phi) is 4.96. The Labute approximate surface area is 144 Å². The first-order valence-electron chi connectivity index (χ1n) is 7.96. The van der Waals surface area contributed by atoms with Crippen molar-refractivity contribution in [1.29, 1.82) is 0 Å². The van der Waals surface area contributed by atoms with E-state index in [0.717, 1.165) is 5.01 Å². The molecule has 1 amide bonds. The van der Waals surface area contributed by atoms with Crippen LogP contribution in [0.2, 0.25) is 0 Å². The smallest absolute Gasteiger partial charge is 0.257 e. The molecular weight excluding hydrogens is 329 g/mol. The van der Waals surface area contributed by atoms with Crippen LogP contribution in [0.25, 0.3) is 0 Å². The van der Waals surface area contributed by atoms with Crippen LogP contribution in [0.4, 0.5) is 4.39 Å². The monoisotopic (exact) mass is 351 g/mol. The Morgan fingerprint density at radius 3 is 2.96 bits per heavy atom. The minimum atomic E-state index is -0.849. The van der Waals surface area contributed by atoms with Gasteiger partial charge in [0.05, 0.1) is 17.8 Å². The molecule has 0 radical (unpaired) electrons. The summed E-state index contributed by atoms with van der Waals surface area (Å²) in [4.78, 5) is 20.7. The van der Waals surface area contributed by atoms with Crippen LogP contribution in [0.15, 0.2) is 17.8 Å². The Balaban J connectivity index is 1.66. The number of aryl methyl sites for hydroxylation is 2. The summed E-state index contributed by atoms with van der Waals surface area (Å²) in [6.07, 6.45) is 3.10. The van der Waals surface area contributed by atoms with Gasteiger partial charge in [0.25, 0.3) is 5.91 Å². The highest BCUT2D eigenvalue weighted by Gasteiger charge is 2.34. The van der Waals surface area contributed by atoms with Gasteiger partial charge in [-0.2, -0.15) is 5.10 Å². The Morgan fingerprint density at radius 1 is 1.54 bits per heavy atom. The van der Waals surface area contributed by atoms with Gasteiger partial charge in [0.2, 0.25) is 0 Å². The molecule has 1 aliphatic heterocycles. The molecule has 1 aliphatic rings. The van der Waals surface area contributed by atoms with Crippen LogP contribution in [-0.4, -0.2) is 62.8 Å². The fourth-order valence-electron chi connectivity index (χ4n) is 3.23. The number of rotatable bonds is 5. The van der Waals surface area contributed by atoms with Gasteiger partial charge >= 0.3 is 0 Å². The van der Waals surface area contributed by atoms with Crippen molar-refractivity contribution in [2.45, 2.75) is 32.1 Å². The first-order chi connectivity index (χ1) is 11.4. The Morgan fingerprint density at radius 2 is 2.33 bits per heavy atom. The zero-order valence-electron chi connectivity index (χ0n) is 14.1. The molecule has 24 heavy (non-hydrogen) atoms. The molecule has 2 aromatic rings. The van der Waals surface area contributed by atoms with E-state index in [2.05, 4.69) is 15.0 Å². The maximum Gasteiger partial charge on any atom is 0.257 e. The summed E-state index contributed by atoms with van der Waals surface area (Å²) < 4.78 is 15.6. The minimum absolute atomic E-state index is 0.00910. The van der Waals surface area contributed by atoms with E-state index in [1.807, 2.05) is 12.3 Å². The molecule has 0 N–H and O–H groups in total. The van der Waals surface area contributed by atoms with Crippen molar-refractivity contribution in [3.05, 3.63) is 34.0 Å². The second kappa shape index (κ2) is 6.98. The number of likely N-dealkylation sites (N-methyl/N-ethyl adjacent to an activating group) is 1. The summed E-state index contributed by atoms with van der Waals surface area (Å²) in [5.41, 5.74) is 1.31. The molecule has 3 rings (SSSR count). The lowest BCUT2D eigenvalue weighted by Crippen LogP contribution is -2.41. The van der Waals surface area contributed by atoms with E-state index in [1.165, 1.54) is 0 Å². The molecule has 6 nitrogen and oxygen atoms in total. The van der Waals surface area contributed by atoms with Gasteiger partial charge in [-0.05, 0) is 13.3 Å². The van der Waals surface area contributed by atoms with Gasteiger partial charge in [0.15, 0.2) is 0 Å². The van der Waals surface area contributed by atoms with E-state index in [4.69, 9.17) is 0 Å². The van der Waals surface area contributed by atoms with Crippen LogP contribution in [0.1, 0.15) is 27.5 Å². The molecule has 0 bridgehead atoms. The lowest BCUT2D eigenvalue weighted by Gasteiger charge is -2.27. The van der Waals surface area contributed by atoms with E-state index in [1.54, 1.807) is 47.4 Å². The number of thiazole rings is 1. The minimum Gasteiger partial charge on any atom is -0.340 e. The molecule has 0 aromatic carbocycles. The molecule has 2 aromatic heterocycles. The predicted molar refractivity (Wildman–Crippen MR) is 90.7 cm³/mol. The molecule has 0 unspecified atom stereocenters. The zero-order chi connectivity index (χ0) is 17.3. The van der Waals surface area contributed by atoms with Crippen LogP contribution in [0, 0.1) is 6.92 Å². The standard InChI is InChI=1S/C16H22FN5OS/c1-11-14(9-21(3)19-11)16(23)20(2)8-13-6-12(17)7-22(13)10-15-18-4-5-24-15/h4-5,9,12-13H,6-8,10H2,1-3H3/t12-,13-/m0/s1. The Bertz CT molecular complexity index is 701. The van der Waals surface area contributed by atoms with E-state index in [-0.39, 0.29) is 11.9 Å². The number of halogens is 1. The van der Waals surface area contributed by atoms with Gasteiger partial charge in [0.1, 0.15) is 11.2 Å². The third kappa shape index (κ3) is 3.64. The van der Waals surface area contributed by atoms with Crippen molar-refractivity contribution >= 4 is 17.2 Å². The SMILES string of the molecule is Cc1nn(C)cc1C(=O)N(C)C[C@@H]1C[C@H](F)CN1Cc1nccs1. The normalized spacial score (nSPS) is 21.3. The maximum atomic E-state index is 13.9. The van der Waals surface area contributed by atoms with E-state index in [9.17, 15) is 9.18 Å². The van der Waals surface area contributed by atoms with Crippen molar-refractivity contribution in [1.82, 2.24) is 24.6 Å². The van der Waals surface area contributed by atoms with Crippen LogP contribution in [-0.2, 0) is 13.6 Å². The van der Waals surface area contributed by atoms with Crippen LogP contribution in [0.3, 0.4) is 0 Å². The van der Waals surface area contributed by atoms with Gasteiger partial charge < -0.3 is 4.90 Å². The third-order valence-corrected chi connectivity index (χ3v) is 5.14. The fraction of sp³-hybridized carbons (Fsp3) is 0.562. The number of likely N-dealkylation sites (tertiary alicyclic amines) is 1. The average molecular weight is 351 g/mol. The van der Waals surface area contributed by atoms with Gasteiger partial charge in [-0.25, -0.2) is 9.37 Å². The van der Waals surface area contributed by atoms with Crippen LogP contribution in [0.5, 0.6) is 0 Å². The summed E-state index contributed by atoms with van der Waals surface area (Å²) in [6.45, 7) is 3.36. The number of amides is 1. The zero-order valence-corrected chi connectivity index (χ0v) is 15.0. The van der Waals surface area contributed by atoms with Crippen molar-refractivity contribution in [3.8, 4) is 0 Å². The van der Waals surface area contributed by atoms with E-state index in [0.29, 0.717) is 37.3 Å². The highest BCUT2D eigenvalue weighted by Crippen LogP contribution is 2.24. The quantitative estimate of drug-likeness (QED) is 0.825. The summed E-state index contributed by atoms with van der Waals surface area (Å²) >= 11 is 1.57. The lowest BCUT2D eigenvalue weighted by molar-refractivity contribution is 0.0749. The van der Waals surface area contributed by atoms with Crippen molar-refractivity contribution < 1.29 is 9.18 Å². The Hall–Kier alpha value is -1.80. The molecule has 0 saturated carbocycles. The van der Waals surface area contributed by atoms with Crippen molar-refractivity contribution in [2.24, 2.45) is 7.05 Å². The largest absolute Gasteiger partial charge is 0.340 e. The number of hydrogen-bond acceptors (Lipinski definition) is 5. The first-order valence-corrected chi connectivity index (χ1v) is 8.84. The molecule has 0 aliphatic carbocycles. The first kappa shape index (κ1) is 17.0. The number of alkyl halides is 1. The summed E-state index contributed by atoms with van der Waals surface area (Å²) in [6, 6.07) is 0.00910. The maximum absolute atomic E-state index is 13.9. The molecule has 1 saturated heterocycles. The molecule has 8 heteroatoms. The second-order valence-corrected chi connectivity index (χ2v) is 7.31. The molecule has 0 spiro atoms. The van der Waals surface area contributed by atoms with Crippen LogP contribution >= 0.6 is 11.3 Å². The number of carbonyl (C=O) groups is 1. The van der Waals surface area contributed by atoms with Crippen molar-refractivity contribution in [2.75, 3.05) is 20.1 Å². The summed E-state index contributed by atoms with van der Waals surface area (Å²) in [5, 5.41) is 7.12. The highest BCUT2D eigenvalue weighted by atomic mass is 32.1. The number of hydrogen-bond donors (Lipinski definition) is 0. The number of aromatic nitrogens is 3. The number of carbonyl (C=O) groups excluding carboxylic acids is 1. The van der Waals surface area contributed by atoms with Gasteiger partial charge in [-0.1, -0.05) is 0 Å². The molecule has 3 heterocycles. The molecular formula is C16H22FN5OS. The summed E-state index contributed by atoms with van der Waals surface area (Å²) in [7, 11) is 3.56. The number of nitrogens with zero attached hydrogens (tertiary/aromatic N) is 5. The average Bonchev–Trinajstić information content (AvgIpc) is 3.21. The topological polar surface area (TPSA) is 54.3 Å². The van der Waals surface area contributed by atoms with Gasteiger partial charge in [-0.15, -0.1) is 11.3 Å². The summed E-state index contributed by atoms with van der Waals surface area (Å²) in [5.74, 6) is -0.0721. The fourth-order valence-corrected chi connectivity index (χ4v) is 3.87. The van der Waals surface area contributed by atoms with Gasteiger partial charge in [-0.3, -0.25) is 14.4 Å². The van der Waals surface area contributed by atoms with Crippen molar-refractivity contribution in [3.63, 3.8) is 0 Å².